The van der Waals surface area contributed by atoms with E-state index < -0.39 is 4.92 Å². The summed E-state index contributed by atoms with van der Waals surface area (Å²) in [7, 11) is 1.79. The third kappa shape index (κ3) is 7.47. The van der Waals surface area contributed by atoms with Crippen molar-refractivity contribution in [3.8, 4) is 17.0 Å². The molecule has 0 unspecified atom stereocenters. The summed E-state index contributed by atoms with van der Waals surface area (Å²) in [5, 5.41) is 14.8. The first kappa shape index (κ1) is 34.8. The number of ether oxygens (including phenoxy) is 1. The number of fused-ring (bicyclic) bond motifs is 1. The molecule has 3 heterocycles. The molecule has 0 bridgehead atoms. The van der Waals surface area contributed by atoms with E-state index in [2.05, 4.69) is 32.6 Å². The molecule has 3 aromatic carbocycles. The first-order valence-electron chi connectivity index (χ1n) is 16.1. The van der Waals surface area contributed by atoms with E-state index in [4.69, 9.17) is 8.56 Å². The van der Waals surface area contributed by atoms with Gasteiger partial charge in [-0.3, -0.25) is 19.8 Å². The van der Waals surface area contributed by atoms with Crippen molar-refractivity contribution >= 4 is 39.5 Å². The fraction of sp³-hybridized carbons (Fsp3) is 0.333. The van der Waals surface area contributed by atoms with Crippen molar-refractivity contribution < 1.29 is 23.1 Å². The fourth-order valence-electron chi connectivity index (χ4n) is 6.25. The van der Waals surface area contributed by atoms with Crippen molar-refractivity contribution in [2.45, 2.75) is 39.8 Å². The van der Waals surface area contributed by atoms with Gasteiger partial charge in [0.25, 0.3) is 11.6 Å². The monoisotopic (exact) mass is 718 g/mol. The van der Waals surface area contributed by atoms with Gasteiger partial charge in [-0.25, -0.2) is 0 Å². The molecule has 0 spiro atoms. The summed E-state index contributed by atoms with van der Waals surface area (Å²) in [6, 6.07) is 21.0. The standard InChI is InChI=1S/C34H34N5O6Se.C2H6/c1-22-30(33(40)35-25-7-10-28(45-46)11-8-25)19-32(36(22)2)31-18-26(39(42)43)9-12-29(31)34(41)38-20-24-6-4-3-5-23(24)17-27(38)21-37-13-15-44-16-14-37;1-2/h3-12,18-19,27H,13-17,20-21H2,1-2H3,(H,35,40);1-2H3/t27-;/m0./s1. The molecule has 1 atom stereocenters. The Kier molecular flexibility index (Phi) is 11.3. The van der Waals surface area contributed by atoms with Gasteiger partial charge in [-0.2, -0.15) is 0 Å². The van der Waals surface area contributed by atoms with Gasteiger partial charge in [0.1, 0.15) is 0 Å². The van der Waals surface area contributed by atoms with Crippen molar-refractivity contribution in [2.75, 3.05) is 38.2 Å². The number of benzene rings is 3. The van der Waals surface area contributed by atoms with Crippen LogP contribution in [0.1, 0.15) is 51.4 Å². The first-order valence-corrected chi connectivity index (χ1v) is 16.8. The van der Waals surface area contributed by atoms with E-state index in [1.807, 2.05) is 36.9 Å². The average molecular weight is 718 g/mol. The zero-order chi connectivity index (χ0) is 34.4. The summed E-state index contributed by atoms with van der Waals surface area (Å²) in [6.07, 6.45) is 0.707. The van der Waals surface area contributed by atoms with Gasteiger partial charge in [-0.1, -0.05) is 38.1 Å². The second kappa shape index (κ2) is 15.6. The third-order valence-corrected chi connectivity index (χ3v) is 9.30. The second-order valence-corrected chi connectivity index (χ2v) is 12.0. The Morgan fingerprint density at radius 2 is 1.69 bits per heavy atom. The number of rotatable bonds is 8. The molecule has 6 rings (SSSR count). The normalized spacial score (nSPS) is 15.9. The number of nitrogens with one attached hydrogen (secondary N) is 1. The molecular formula is C36H40N5O6Se. The number of aromatic nitrogens is 1. The number of carbonyl (C=O) groups excluding carboxylic acids is 2. The summed E-state index contributed by atoms with van der Waals surface area (Å²) in [5.41, 5.74) is 5.06. The van der Waals surface area contributed by atoms with E-state index >= 15 is 0 Å². The number of carbonyl (C=O) groups is 2. The van der Waals surface area contributed by atoms with Gasteiger partial charge in [-0.05, 0) is 23.6 Å². The van der Waals surface area contributed by atoms with Crippen LogP contribution in [0.5, 0.6) is 5.75 Å². The van der Waals surface area contributed by atoms with E-state index in [-0.39, 0.29) is 23.5 Å². The van der Waals surface area contributed by atoms with Gasteiger partial charge in [-0.15, -0.1) is 0 Å². The van der Waals surface area contributed by atoms with E-state index in [1.54, 1.807) is 54.9 Å². The zero-order valence-corrected chi connectivity index (χ0v) is 29.3. The van der Waals surface area contributed by atoms with Crippen LogP contribution in [-0.4, -0.2) is 86.3 Å². The maximum absolute atomic E-state index is 14.6. The molecule has 0 aliphatic carbocycles. The molecule has 0 saturated carbocycles. The van der Waals surface area contributed by atoms with E-state index in [0.29, 0.717) is 72.2 Å². The Bertz CT molecular complexity index is 1780. The minimum absolute atomic E-state index is 0.0950. The molecule has 2 aliphatic rings. The number of morpholine rings is 1. The topological polar surface area (TPSA) is 119 Å². The number of nitro groups is 1. The Morgan fingerprint density at radius 3 is 2.35 bits per heavy atom. The molecule has 251 valence electrons. The molecule has 2 aliphatic heterocycles. The summed E-state index contributed by atoms with van der Waals surface area (Å²) in [5.74, 6) is 0.0639. The Morgan fingerprint density at radius 1 is 1.00 bits per heavy atom. The molecule has 11 nitrogen and oxygen atoms in total. The molecule has 1 aromatic heterocycles. The number of nitro benzene ring substituents is 1. The van der Waals surface area contributed by atoms with E-state index in [9.17, 15) is 19.7 Å². The fourth-order valence-corrected chi connectivity index (χ4v) is 6.48. The van der Waals surface area contributed by atoms with Crippen molar-refractivity contribution in [2.24, 2.45) is 7.05 Å². The molecule has 48 heavy (non-hydrogen) atoms. The van der Waals surface area contributed by atoms with E-state index in [1.165, 1.54) is 17.7 Å². The SMILES string of the molecule is CC.Cc1c(C(=O)Nc2ccc(O[Se])cc2)cc(-c2cc([N+](=O)[O-])ccc2C(=O)N2Cc3ccccc3C[C@H]2CN2CCOCC2)n1C. The van der Waals surface area contributed by atoms with Gasteiger partial charge < -0.3 is 9.64 Å². The summed E-state index contributed by atoms with van der Waals surface area (Å²) < 4.78 is 12.4. The van der Waals surface area contributed by atoms with Crippen LogP contribution in [0.3, 0.4) is 0 Å². The maximum atomic E-state index is 14.6. The number of anilines is 1. The van der Waals surface area contributed by atoms with Crippen molar-refractivity contribution in [1.29, 1.82) is 0 Å². The summed E-state index contributed by atoms with van der Waals surface area (Å²) in [6.45, 7) is 9.84. The van der Waals surface area contributed by atoms with Crippen LogP contribution in [0.25, 0.3) is 11.3 Å². The predicted molar refractivity (Wildman–Crippen MR) is 185 cm³/mol. The van der Waals surface area contributed by atoms with Gasteiger partial charge in [0.05, 0.1) is 18.1 Å². The van der Waals surface area contributed by atoms with Crippen LogP contribution in [-0.2, 0) is 24.8 Å². The number of hydrogen-bond donors (Lipinski definition) is 1. The Hall–Kier alpha value is -4.48. The van der Waals surface area contributed by atoms with Gasteiger partial charge in [0, 0.05) is 38.3 Å². The molecule has 1 radical (unpaired) electrons. The van der Waals surface area contributed by atoms with Gasteiger partial charge >= 0.3 is 131 Å². The first-order chi connectivity index (χ1) is 23.2. The van der Waals surface area contributed by atoms with Gasteiger partial charge in [0.15, 0.2) is 0 Å². The number of non-ortho nitro benzene ring substituents is 1. The van der Waals surface area contributed by atoms with Crippen LogP contribution >= 0.6 is 0 Å². The molecular weight excluding hydrogens is 677 g/mol. The van der Waals surface area contributed by atoms with Crippen molar-refractivity contribution in [1.82, 2.24) is 14.4 Å². The average Bonchev–Trinajstić information content (AvgIpc) is 3.42. The Labute approximate surface area is 289 Å². The Balaban J connectivity index is 0.00000221. The molecule has 2 amide bonds. The van der Waals surface area contributed by atoms with Crippen LogP contribution in [0.4, 0.5) is 11.4 Å². The molecule has 1 fully saturated rings. The van der Waals surface area contributed by atoms with Crippen molar-refractivity contribution in [3.05, 3.63) is 111 Å². The van der Waals surface area contributed by atoms with Crippen molar-refractivity contribution in [3.63, 3.8) is 0 Å². The summed E-state index contributed by atoms with van der Waals surface area (Å²) in [4.78, 5) is 43.7. The molecule has 1 N–H and O–H groups in total. The molecule has 4 aromatic rings. The number of hydrogen-bond acceptors (Lipinski definition) is 7. The molecule has 12 heteroatoms. The third-order valence-electron chi connectivity index (χ3n) is 8.90. The number of amides is 2. The molecule has 1 saturated heterocycles. The van der Waals surface area contributed by atoms with Crippen LogP contribution < -0.4 is 9.14 Å². The van der Waals surface area contributed by atoms with Gasteiger partial charge in [0.2, 0.25) is 0 Å². The summed E-state index contributed by atoms with van der Waals surface area (Å²) >= 11 is 2.48. The van der Waals surface area contributed by atoms with Crippen LogP contribution in [0.15, 0.2) is 72.8 Å². The van der Waals surface area contributed by atoms with Crippen LogP contribution in [0, 0.1) is 17.0 Å². The van der Waals surface area contributed by atoms with E-state index in [0.717, 1.165) is 18.7 Å². The predicted octanol–water partition coefficient (Wildman–Crippen LogP) is 5.55. The second-order valence-electron chi connectivity index (χ2n) is 11.6. The van der Waals surface area contributed by atoms with Crippen LogP contribution in [0.2, 0.25) is 0 Å². The minimum atomic E-state index is -0.471. The zero-order valence-electron chi connectivity index (χ0n) is 27.6. The quantitative estimate of drug-likeness (QED) is 0.144. The number of nitrogens with zero attached hydrogens (tertiary/aromatic N) is 4.